The van der Waals surface area contributed by atoms with Crippen molar-refractivity contribution in [1.29, 1.82) is 0 Å². The molecular weight excluding hydrogens is 336 g/mol. The number of benzene rings is 1. The molecule has 0 aliphatic carbocycles. The number of nitrogens with one attached hydrogen (secondary N) is 1. The summed E-state index contributed by atoms with van der Waals surface area (Å²) in [5, 5.41) is 11.9. The number of para-hydroxylation sites is 1. The Hall–Kier alpha value is -2.61. The van der Waals surface area contributed by atoms with Gasteiger partial charge < -0.3 is 5.32 Å². The van der Waals surface area contributed by atoms with Crippen LogP contribution in [0.3, 0.4) is 0 Å². The summed E-state index contributed by atoms with van der Waals surface area (Å²) in [5.41, 5.74) is 3.43. The Bertz CT molecular complexity index is 886. The number of hydrogen-bond acceptors (Lipinski definition) is 5. The quantitative estimate of drug-likeness (QED) is 0.711. The molecule has 0 bridgehead atoms. The molecule has 0 saturated carbocycles. The molecule has 25 heavy (non-hydrogen) atoms. The highest BCUT2D eigenvalue weighted by Crippen LogP contribution is 2.23. The zero-order chi connectivity index (χ0) is 18.0. The molecule has 0 fully saturated rings. The second kappa shape index (κ2) is 7.10. The predicted octanol–water partition coefficient (Wildman–Crippen LogP) is 2.74. The predicted molar refractivity (Wildman–Crippen MR) is 98.0 cm³/mol. The van der Waals surface area contributed by atoms with Crippen LogP contribution in [-0.2, 0) is 11.8 Å². The van der Waals surface area contributed by atoms with Gasteiger partial charge in [0.15, 0.2) is 0 Å². The van der Waals surface area contributed by atoms with E-state index in [1.54, 1.807) is 15.7 Å². The standard InChI is InChI=1S/C17H20N6OS/c1-11-15(12(2)22(4)20-11)19-16(24)13(3)25-17-18-10-23(21-17)14-8-6-5-7-9-14/h5-10,13H,1-4H3,(H,19,24). The van der Waals surface area contributed by atoms with Crippen molar-refractivity contribution < 1.29 is 4.79 Å². The fraction of sp³-hybridized carbons (Fsp3) is 0.294. The maximum Gasteiger partial charge on any atom is 0.237 e. The third-order valence-electron chi connectivity index (χ3n) is 3.90. The maximum atomic E-state index is 12.5. The summed E-state index contributed by atoms with van der Waals surface area (Å²) in [5.74, 6) is -0.0970. The number of nitrogens with zero attached hydrogens (tertiary/aromatic N) is 5. The number of rotatable bonds is 5. The minimum absolute atomic E-state index is 0.0970. The van der Waals surface area contributed by atoms with Crippen LogP contribution in [0.25, 0.3) is 5.69 Å². The fourth-order valence-electron chi connectivity index (χ4n) is 2.40. The molecule has 0 radical (unpaired) electrons. The normalized spacial score (nSPS) is 12.2. The molecule has 2 heterocycles. The highest BCUT2D eigenvalue weighted by molar-refractivity contribution is 8.00. The molecule has 2 aromatic heterocycles. The van der Waals surface area contributed by atoms with Crippen molar-refractivity contribution in [2.45, 2.75) is 31.2 Å². The minimum atomic E-state index is -0.328. The molecule has 0 spiro atoms. The highest BCUT2D eigenvalue weighted by Gasteiger charge is 2.20. The molecule has 1 N–H and O–H groups in total. The molecule has 1 atom stereocenters. The van der Waals surface area contributed by atoms with E-state index in [1.165, 1.54) is 11.8 Å². The van der Waals surface area contributed by atoms with Crippen LogP contribution in [0.4, 0.5) is 5.69 Å². The lowest BCUT2D eigenvalue weighted by atomic mass is 10.3. The van der Waals surface area contributed by atoms with E-state index in [2.05, 4.69) is 20.5 Å². The second-order valence-electron chi connectivity index (χ2n) is 5.73. The number of carbonyl (C=O) groups is 1. The smallest absolute Gasteiger partial charge is 0.237 e. The number of carbonyl (C=O) groups excluding carboxylic acids is 1. The van der Waals surface area contributed by atoms with Gasteiger partial charge in [-0.1, -0.05) is 30.0 Å². The van der Waals surface area contributed by atoms with Crippen molar-refractivity contribution in [3.63, 3.8) is 0 Å². The first-order valence-corrected chi connectivity index (χ1v) is 8.78. The van der Waals surface area contributed by atoms with Gasteiger partial charge in [0.25, 0.3) is 0 Å². The number of aromatic nitrogens is 5. The van der Waals surface area contributed by atoms with Crippen LogP contribution in [0.1, 0.15) is 18.3 Å². The number of aryl methyl sites for hydroxylation is 2. The Morgan fingerprint density at radius 1 is 1.20 bits per heavy atom. The zero-order valence-corrected chi connectivity index (χ0v) is 15.4. The summed E-state index contributed by atoms with van der Waals surface area (Å²) in [6.07, 6.45) is 1.65. The number of thioether (sulfide) groups is 1. The van der Waals surface area contributed by atoms with E-state index < -0.39 is 0 Å². The van der Waals surface area contributed by atoms with Gasteiger partial charge in [0.2, 0.25) is 11.1 Å². The minimum Gasteiger partial charge on any atom is -0.322 e. The van der Waals surface area contributed by atoms with Crippen molar-refractivity contribution in [1.82, 2.24) is 24.5 Å². The van der Waals surface area contributed by atoms with E-state index in [9.17, 15) is 4.79 Å². The Morgan fingerprint density at radius 3 is 2.56 bits per heavy atom. The van der Waals surface area contributed by atoms with Gasteiger partial charge in [0, 0.05) is 7.05 Å². The first-order chi connectivity index (χ1) is 12.0. The molecule has 3 aromatic rings. The van der Waals surface area contributed by atoms with Crippen LogP contribution < -0.4 is 5.32 Å². The molecule has 1 unspecified atom stereocenters. The Morgan fingerprint density at radius 2 is 1.92 bits per heavy atom. The lowest BCUT2D eigenvalue weighted by molar-refractivity contribution is -0.115. The maximum absolute atomic E-state index is 12.5. The van der Waals surface area contributed by atoms with Gasteiger partial charge in [0.1, 0.15) is 6.33 Å². The Kier molecular flexibility index (Phi) is 4.89. The lowest BCUT2D eigenvalue weighted by Gasteiger charge is -2.10. The monoisotopic (exact) mass is 356 g/mol. The van der Waals surface area contributed by atoms with Gasteiger partial charge in [0.05, 0.1) is 28.0 Å². The van der Waals surface area contributed by atoms with E-state index >= 15 is 0 Å². The SMILES string of the molecule is Cc1nn(C)c(C)c1NC(=O)C(C)Sc1ncn(-c2ccccc2)n1. The second-order valence-corrected chi connectivity index (χ2v) is 7.03. The van der Waals surface area contributed by atoms with Crippen molar-refractivity contribution in [2.24, 2.45) is 7.05 Å². The van der Waals surface area contributed by atoms with E-state index in [0.29, 0.717) is 5.16 Å². The summed E-state index contributed by atoms with van der Waals surface area (Å²) < 4.78 is 3.45. The lowest BCUT2D eigenvalue weighted by Crippen LogP contribution is -2.23. The average Bonchev–Trinajstić information content (AvgIpc) is 3.16. The van der Waals surface area contributed by atoms with Crippen LogP contribution in [0.5, 0.6) is 0 Å². The average molecular weight is 356 g/mol. The van der Waals surface area contributed by atoms with Crippen molar-refractivity contribution in [3.05, 3.63) is 48.0 Å². The number of amides is 1. The van der Waals surface area contributed by atoms with Crippen molar-refractivity contribution in [3.8, 4) is 5.69 Å². The molecular formula is C17H20N6OS. The van der Waals surface area contributed by atoms with Gasteiger partial charge in [-0.05, 0) is 32.9 Å². The van der Waals surface area contributed by atoms with Crippen molar-refractivity contribution >= 4 is 23.4 Å². The first kappa shape index (κ1) is 17.2. The van der Waals surface area contributed by atoms with Crippen LogP contribution in [0, 0.1) is 13.8 Å². The van der Waals surface area contributed by atoms with Gasteiger partial charge in [-0.3, -0.25) is 9.48 Å². The van der Waals surface area contributed by atoms with Gasteiger partial charge in [-0.25, -0.2) is 9.67 Å². The van der Waals surface area contributed by atoms with Gasteiger partial charge in [-0.2, -0.15) is 5.10 Å². The fourth-order valence-corrected chi connectivity index (χ4v) is 3.12. The Balaban J connectivity index is 1.67. The van der Waals surface area contributed by atoms with E-state index in [1.807, 2.05) is 58.2 Å². The molecule has 1 amide bonds. The number of anilines is 1. The summed E-state index contributed by atoms with van der Waals surface area (Å²) in [6.45, 7) is 5.64. The van der Waals surface area contributed by atoms with Crippen LogP contribution in [0.15, 0.2) is 41.8 Å². The topological polar surface area (TPSA) is 77.6 Å². The third-order valence-corrected chi connectivity index (χ3v) is 4.87. The molecule has 3 rings (SSSR count). The van der Waals surface area contributed by atoms with E-state index in [0.717, 1.165) is 22.8 Å². The van der Waals surface area contributed by atoms with Gasteiger partial charge >= 0.3 is 0 Å². The zero-order valence-electron chi connectivity index (χ0n) is 14.6. The summed E-state index contributed by atoms with van der Waals surface area (Å²) >= 11 is 1.32. The number of hydrogen-bond donors (Lipinski definition) is 1. The van der Waals surface area contributed by atoms with Crippen molar-refractivity contribution in [2.75, 3.05) is 5.32 Å². The molecule has 7 nitrogen and oxygen atoms in total. The largest absolute Gasteiger partial charge is 0.322 e. The third kappa shape index (κ3) is 3.74. The van der Waals surface area contributed by atoms with Gasteiger partial charge in [-0.15, -0.1) is 5.10 Å². The molecule has 8 heteroatoms. The molecule has 130 valence electrons. The Labute approximate surface area is 150 Å². The summed E-state index contributed by atoms with van der Waals surface area (Å²) in [4.78, 5) is 16.8. The highest BCUT2D eigenvalue weighted by atomic mass is 32.2. The molecule has 0 saturated heterocycles. The van der Waals surface area contributed by atoms with E-state index in [-0.39, 0.29) is 11.2 Å². The van der Waals surface area contributed by atoms with Crippen LogP contribution >= 0.6 is 11.8 Å². The molecule has 0 aliphatic heterocycles. The van der Waals surface area contributed by atoms with Crippen LogP contribution in [0.2, 0.25) is 0 Å². The first-order valence-electron chi connectivity index (χ1n) is 7.90. The van der Waals surface area contributed by atoms with E-state index in [4.69, 9.17) is 0 Å². The molecule has 1 aromatic carbocycles. The van der Waals surface area contributed by atoms with Crippen LogP contribution in [-0.4, -0.2) is 35.7 Å². The summed E-state index contributed by atoms with van der Waals surface area (Å²) in [7, 11) is 1.86. The summed E-state index contributed by atoms with van der Waals surface area (Å²) in [6, 6.07) is 9.74. The molecule has 0 aliphatic rings.